The van der Waals surface area contributed by atoms with E-state index >= 15 is 0 Å². The molecule has 4 N–H and O–H groups in total. The number of benzene rings is 2. The third-order valence-electron chi connectivity index (χ3n) is 2.81. The minimum atomic E-state index is -0.462. The Balaban J connectivity index is 2.05. The van der Waals surface area contributed by atoms with E-state index < -0.39 is 6.03 Å². The number of ketones is 1. The maximum absolute atomic E-state index is 11.9. The van der Waals surface area contributed by atoms with Gasteiger partial charge in [-0.25, -0.2) is 4.79 Å². The van der Waals surface area contributed by atoms with Crippen molar-refractivity contribution in [3.05, 3.63) is 58.1 Å². The Labute approximate surface area is 137 Å². The Bertz CT molecular complexity index is 720. The summed E-state index contributed by atoms with van der Waals surface area (Å²) in [6.07, 6.45) is 0. The number of hydrogen-bond donors (Lipinski definition) is 3. The van der Waals surface area contributed by atoms with E-state index in [0.717, 1.165) is 0 Å². The van der Waals surface area contributed by atoms with Crippen molar-refractivity contribution in [2.45, 2.75) is 0 Å². The van der Waals surface area contributed by atoms with Crippen molar-refractivity contribution in [1.82, 2.24) is 0 Å². The number of amides is 2. The molecule has 0 heterocycles. The molecule has 0 fully saturated rings. The molecule has 0 aromatic heterocycles. The van der Waals surface area contributed by atoms with E-state index in [9.17, 15) is 9.59 Å². The van der Waals surface area contributed by atoms with Gasteiger partial charge in [0.25, 0.3) is 0 Å². The van der Waals surface area contributed by atoms with Crippen molar-refractivity contribution in [1.29, 1.82) is 0 Å². The number of nitrogens with one attached hydrogen (secondary N) is 2. The summed E-state index contributed by atoms with van der Waals surface area (Å²) in [6.45, 7) is -0.0844. The minimum Gasteiger partial charge on any atom is -0.324 e. The van der Waals surface area contributed by atoms with E-state index in [2.05, 4.69) is 10.6 Å². The summed E-state index contributed by atoms with van der Waals surface area (Å²) in [4.78, 5) is 23.5. The van der Waals surface area contributed by atoms with Gasteiger partial charge in [-0.1, -0.05) is 35.3 Å². The average molecular weight is 338 g/mol. The van der Waals surface area contributed by atoms with E-state index in [1.165, 1.54) is 6.07 Å². The number of nitrogens with two attached hydrogens (primary N) is 1. The Morgan fingerprint density at radius 3 is 2.27 bits per heavy atom. The lowest BCUT2D eigenvalue weighted by atomic mass is 10.1. The summed E-state index contributed by atoms with van der Waals surface area (Å²) in [7, 11) is 0. The fourth-order valence-electron chi connectivity index (χ4n) is 1.76. The van der Waals surface area contributed by atoms with Gasteiger partial charge in [0.2, 0.25) is 0 Å². The quantitative estimate of drug-likeness (QED) is 0.742. The van der Waals surface area contributed by atoms with Crippen molar-refractivity contribution < 1.29 is 9.59 Å². The molecule has 0 saturated carbocycles. The first-order valence-corrected chi connectivity index (χ1v) is 7.11. The molecule has 0 aliphatic rings. The predicted octanol–water partition coefficient (Wildman–Crippen LogP) is 3.78. The van der Waals surface area contributed by atoms with Crippen molar-refractivity contribution in [2.24, 2.45) is 5.73 Å². The molecule has 0 atom stereocenters. The van der Waals surface area contributed by atoms with Crippen LogP contribution in [0.3, 0.4) is 0 Å². The molecule has 5 nitrogen and oxygen atoms in total. The predicted molar refractivity (Wildman–Crippen MR) is 88.9 cm³/mol. The van der Waals surface area contributed by atoms with Crippen LogP contribution in [0.1, 0.15) is 10.4 Å². The fourth-order valence-corrected chi connectivity index (χ4v) is 2.05. The SMILES string of the molecule is NCC(=O)c1cccc(NC(=O)Nc2ccc(Cl)c(Cl)c2)c1. The maximum Gasteiger partial charge on any atom is 0.323 e. The first-order chi connectivity index (χ1) is 10.5. The standard InChI is InChI=1S/C15H13Cl2N3O2/c16-12-5-4-11(7-13(12)17)20-15(22)19-10-3-1-2-9(6-10)14(21)8-18/h1-7H,8,18H2,(H2,19,20,22). The second-order valence-corrected chi connectivity index (χ2v) is 5.23. The highest BCUT2D eigenvalue weighted by Gasteiger charge is 2.07. The number of carbonyl (C=O) groups is 2. The van der Waals surface area contributed by atoms with E-state index in [0.29, 0.717) is 27.0 Å². The Kier molecular flexibility index (Phi) is 5.38. The molecule has 2 rings (SSSR count). The van der Waals surface area contributed by atoms with Crippen LogP contribution < -0.4 is 16.4 Å². The zero-order chi connectivity index (χ0) is 16.1. The van der Waals surface area contributed by atoms with Crippen LogP contribution in [-0.4, -0.2) is 18.4 Å². The van der Waals surface area contributed by atoms with Crippen molar-refractivity contribution in [3.8, 4) is 0 Å². The first-order valence-electron chi connectivity index (χ1n) is 6.36. The van der Waals surface area contributed by atoms with Gasteiger partial charge in [0.05, 0.1) is 16.6 Å². The van der Waals surface area contributed by atoms with Crippen LogP contribution in [0.25, 0.3) is 0 Å². The molecule has 0 aliphatic heterocycles. The third kappa shape index (κ3) is 4.21. The van der Waals surface area contributed by atoms with Crippen LogP contribution in [0.5, 0.6) is 0 Å². The van der Waals surface area contributed by atoms with Crippen LogP contribution in [-0.2, 0) is 0 Å². The molecular formula is C15H13Cl2N3O2. The van der Waals surface area contributed by atoms with Gasteiger partial charge in [-0.15, -0.1) is 0 Å². The number of carbonyl (C=O) groups excluding carboxylic acids is 2. The molecule has 2 aromatic rings. The van der Waals surface area contributed by atoms with Gasteiger partial charge in [-0.3, -0.25) is 4.79 Å². The molecule has 2 amide bonds. The van der Waals surface area contributed by atoms with E-state index in [-0.39, 0.29) is 12.3 Å². The molecule has 2 aromatic carbocycles. The van der Waals surface area contributed by atoms with Crippen molar-refractivity contribution >= 4 is 46.4 Å². The molecule has 0 bridgehead atoms. The fraction of sp³-hybridized carbons (Fsp3) is 0.0667. The van der Waals surface area contributed by atoms with E-state index in [4.69, 9.17) is 28.9 Å². The van der Waals surface area contributed by atoms with Crippen LogP contribution in [0.4, 0.5) is 16.2 Å². The number of urea groups is 1. The molecule has 7 heteroatoms. The third-order valence-corrected chi connectivity index (χ3v) is 3.54. The highest BCUT2D eigenvalue weighted by molar-refractivity contribution is 6.42. The zero-order valence-electron chi connectivity index (χ0n) is 11.4. The molecule has 0 aliphatic carbocycles. The summed E-state index contributed by atoms with van der Waals surface area (Å²) < 4.78 is 0. The Hall–Kier alpha value is -2.08. The van der Waals surface area contributed by atoms with Crippen LogP contribution >= 0.6 is 23.2 Å². The average Bonchev–Trinajstić information content (AvgIpc) is 2.50. The van der Waals surface area contributed by atoms with Crippen molar-refractivity contribution in [2.75, 3.05) is 17.2 Å². The van der Waals surface area contributed by atoms with Gasteiger partial charge < -0.3 is 16.4 Å². The molecule has 114 valence electrons. The summed E-state index contributed by atoms with van der Waals surface area (Å²) in [5, 5.41) is 5.99. The first kappa shape index (κ1) is 16.3. The second-order valence-electron chi connectivity index (χ2n) is 4.42. The van der Waals surface area contributed by atoms with Gasteiger partial charge in [-0.2, -0.15) is 0 Å². The van der Waals surface area contributed by atoms with Gasteiger partial charge in [0.1, 0.15) is 0 Å². The second kappa shape index (κ2) is 7.26. The van der Waals surface area contributed by atoms with Gasteiger partial charge in [0, 0.05) is 16.9 Å². The highest BCUT2D eigenvalue weighted by atomic mass is 35.5. The lowest BCUT2D eigenvalue weighted by Crippen LogP contribution is -2.20. The number of anilines is 2. The van der Waals surface area contributed by atoms with E-state index in [1.807, 2.05) is 0 Å². The van der Waals surface area contributed by atoms with Crippen LogP contribution in [0.2, 0.25) is 10.0 Å². The largest absolute Gasteiger partial charge is 0.324 e. The molecule has 0 spiro atoms. The van der Waals surface area contributed by atoms with Crippen LogP contribution in [0.15, 0.2) is 42.5 Å². The summed E-state index contributed by atoms with van der Waals surface area (Å²) in [6, 6.07) is 10.8. The monoisotopic (exact) mass is 337 g/mol. The zero-order valence-corrected chi connectivity index (χ0v) is 12.9. The van der Waals surface area contributed by atoms with Gasteiger partial charge in [-0.05, 0) is 30.3 Å². The minimum absolute atomic E-state index is 0.0844. The smallest absolute Gasteiger partial charge is 0.323 e. The molecule has 22 heavy (non-hydrogen) atoms. The van der Waals surface area contributed by atoms with Gasteiger partial charge >= 0.3 is 6.03 Å². The molecule has 0 radical (unpaired) electrons. The molecular weight excluding hydrogens is 325 g/mol. The number of halogens is 2. The number of hydrogen-bond acceptors (Lipinski definition) is 3. The summed E-state index contributed by atoms with van der Waals surface area (Å²) >= 11 is 11.7. The van der Waals surface area contributed by atoms with Crippen molar-refractivity contribution in [3.63, 3.8) is 0 Å². The van der Waals surface area contributed by atoms with Crippen LogP contribution in [0, 0.1) is 0 Å². The highest BCUT2D eigenvalue weighted by Crippen LogP contribution is 2.25. The summed E-state index contributed by atoms with van der Waals surface area (Å²) in [5.41, 5.74) is 6.74. The Morgan fingerprint density at radius 1 is 0.955 bits per heavy atom. The molecule has 0 unspecified atom stereocenters. The topological polar surface area (TPSA) is 84.2 Å². The summed E-state index contributed by atoms with van der Waals surface area (Å²) in [5.74, 6) is -0.200. The Morgan fingerprint density at radius 2 is 1.64 bits per heavy atom. The number of rotatable bonds is 4. The molecule has 0 saturated heterocycles. The van der Waals surface area contributed by atoms with E-state index in [1.54, 1.807) is 36.4 Å². The normalized spacial score (nSPS) is 10.1. The van der Waals surface area contributed by atoms with Gasteiger partial charge in [0.15, 0.2) is 5.78 Å². The maximum atomic E-state index is 11.9. The lowest BCUT2D eigenvalue weighted by Gasteiger charge is -2.09. The number of Topliss-reactive ketones (excluding diaryl/α,β-unsaturated/α-hetero) is 1. The lowest BCUT2D eigenvalue weighted by molar-refractivity contribution is 0.100.